The molecule has 0 saturated heterocycles. The summed E-state index contributed by atoms with van der Waals surface area (Å²) in [5.74, 6) is -0.907. The molecule has 0 aliphatic heterocycles. The fourth-order valence-electron chi connectivity index (χ4n) is 0.586. The number of halogens is 1. The highest BCUT2D eigenvalue weighted by Crippen LogP contribution is 1.97. The number of hydrogen-bond donors (Lipinski definition) is 1. The van der Waals surface area contributed by atoms with Crippen LogP contribution in [-0.4, -0.2) is 20.4 Å². The molecule has 0 unspecified atom stereocenters. The Kier molecular flexibility index (Phi) is 1.91. The van der Waals surface area contributed by atoms with Crippen molar-refractivity contribution in [2.75, 3.05) is 0 Å². The summed E-state index contributed by atoms with van der Waals surface area (Å²) in [6.45, 7) is 0. The van der Waals surface area contributed by atoms with Crippen LogP contribution in [0.5, 0.6) is 0 Å². The fourth-order valence-corrected chi connectivity index (χ4v) is 0.740. The molecule has 1 N–H and O–H groups in total. The lowest BCUT2D eigenvalue weighted by Crippen LogP contribution is -2.00. The first-order valence-electron chi connectivity index (χ1n) is 2.61. The molecule has 0 aromatic carbocycles. The van der Waals surface area contributed by atoms with E-state index in [-0.39, 0.29) is 6.42 Å². The van der Waals surface area contributed by atoms with Crippen molar-refractivity contribution < 1.29 is 9.90 Å². The van der Waals surface area contributed by atoms with Crippen molar-refractivity contribution in [1.29, 1.82) is 0 Å². The highest BCUT2D eigenvalue weighted by molar-refractivity contribution is 6.14. The molecule has 0 aliphatic carbocycles. The molecule has 0 fully saturated rings. The lowest BCUT2D eigenvalue weighted by Gasteiger charge is -1.85. The van der Waals surface area contributed by atoms with Gasteiger partial charge in [-0.3, -0.25) is 4.79 Å². The van der Waals surface area contributed by atoms with Crippen molar-refractivity contribution in [3.63, 3.8) is 0 Å². The molecule has 0 atom stereocenters. The smallest absolute Gasteiger partial charge is 0.309 e. The predicted octanol–water partition coefficient (Wildman–Crippen LogP) is 0.512. The van der Waals surface area contributed by atoms with E-state index in [1.165, 1.54) is 6.20 Å². The van der Waals surface area contributed by atoms with Gasteiger partial charge in [0, 0.05) is 18.0 Å². The first kappa shape index (κ1) is 7.08. The molecule has 54 valence electrons. The summed E-state index contributed by atoms with van der Waals surface area (Å²) in [7, 11) is 0. The third kappa shape index (κ3) is 1.73. The van der Waals surface area contributed by atoms with Crippen LogP contribution in [0.2, 0.25) is 0 Å². The summed E-state index contributed by atoms with van der Waals surface area (Å²) < 4.78 is 1.05. The third-order valence-electron chi connectivity index (χ3n) is 0.946. The standard InChI is InChI=1S/C5H5ClN2O2/c6-8-2-1-4(7-8)3-5(9)10/h1-2H,3H2,(H,9,10). The summed E-state index contributed by atoms with van der Waals surface area (Å²) in [6.07, 6.45) is 1.40. The fraction of sp³-hybridized carbons (Fsp3) is 0.200. The average Bonchev–Trinajstić information content (AvgIpc) is 2.13. The molecular formula is C5H5ClN2O2. The SMILES string of the molecule is O=C(O)Cc1ccn(Cl)n1. The molecule has 5 heteroatoms. The van der Waals surface area contributed by atoms with E-state index >= 15 is 0 Å². The predicted molar refractivity (Wildman–Crippen MR) is 34.8 cm³/mol. The Bertz CT molecular complexity index is 246. The third-order valence-corrected chi connectivity index (χ3v) is 1.13. The number of carbonyl (C=O) groups is 1. The highest BCUT2D eigenvalue weighted by Gasteiger charge is 2.02. The van der Waals surface area contributed by atoms with Gasteiger partial charge in [-0.25, -0.2) is 0 Å². The summed E-state index contributed by atoms with van der Waals surface area (Å²) in [4.78, 5) is 10.1. The van der Waals surface area contributed by atoms with E-state index in [0.717, 1.165) is 4.20 Å². The van der Waals surface area contributed by atoms with Crippen LogP contribution in [0, 0.1) is 0 Å². The van der Waals surface area contributed by atoms with E-state index in [2.05, 4.69) is 5.10 Å². The maximum Gasteiger partial charge on any atom is 0.309 e. The number of hydrogen-bond acceptors (Lipinski definition) is 2. The topological polar surface area (TPSA) is 55.1 Å². The number of carboxylic acid groups (broad SMARTS) is 1. The van der Waals surface area contributed by atoms with Crippen LogP contribution in [0.3, 0.4) is 0 Å². The molecule has 1 heterocycles. The summed E-state index contributed by atoms with van der Waals surface area (Å²) in [5.41, 5.74) is 0.461. The normalized spacial score (nSPS) is 9.70. The highest BCUT2D eigenvalue weighted by atomic mass is 35.5. The average molecular weight is 161 g/mol. The number of nitrogens with zero attached hydrogens (tertiary/aromatic N) is 2. The molecule has 1 aromatic rings. The van der Waals surface area contributed by atoms with E-state index in [9.17, 15) is 4.79 Å². The Morgan fingerprint density at radius 2 is 2.60 bits per heavy atom. The summed E-state index contributed by atoms with van der Waals surface area (Å²) >= 11 is 5.36. The van der Waals surface area contributed by atoms with E-state index in [1.807, 2.05) is 0 Å². The van der Waals surface area contributed by atoms with Crippen LogP contribution in [0.1, 0.15) is 5.69 Å². The van der Waals surface area contributed by atoms with E-state index < -0.39 is 5.97 Å². The van der Waals surface area contributed by atoms with Gasteiger partial charge in [0.25, 0.3) is 0 Å². The van der Waals surface area contributed by atoms with Crippen molar-refractivity contribution in [2.24, 2.45) is 0 Å². The van der Waals surface area contributed by atoms with Crippen molar-refractivity contribution >= 4 is 17.7 Å². The van der Waals surface area contributed by atoms with E-state index in [0.29, 0.717) is 5.69 Å². The van der Waals surface area contributed by atoms with Crippen molar-refractivity contribution in [3.05, 3.63) is 18.0 Å². The number of rotatable bonds is 2. The number of carboxylic acids is 1. The Labute approximate surface area is 62.1 Å². The zero-order chi connectivity index (χ0) is 7.56. The van der Waals surface area contributed by atoms with Crippen LogP contribution >= 0.6 is 11.8 Å². The summed E-state index contributed by atoms with van der Waals surface area (Å²) in [6, 6.07) is 1.56. The Balaban J connectivity index is 2.67. The van der Waals surface area contributed by atoms with Gasteiger partial charge in [-0.2, -0.15) is 9.30 Å². The second-order valence-corrected chi connectivity index (χ2v) is 2.11. The van der Waals surface area contributed by atoms with Gasteiger partial charge in [-0.05, 0) is 6.07 Å². The largest absolute Gasteiger partial charge is 0.481 e. The second kappa shape index (κ2) is 2.70. The van der Waals surface area contributed by atoms with Crippen LogP contribution in [0.4, 0.5) is 0 Å². The van der Waals surface area contributed by atoms with E-state index in [1.54, 1.807) is 6.07 Å². The maximum absolute atomic E-state index is 10.1. The zero-order valence-corrected chi connectivity index (χ0v) is 5.75. The molecule has 4 nitrogen and oxygen atoms in total. The van der Waals surface area contributed by atoms with Gasteiger partial charge in [0.15, 0.2) is 0 Å². The quantitative estimate of drug-likeness (QED) is 0.686. The Morgan fingerprint density at radius 1 is 1.90 bits per heavy atom. The molecule has 0 amide bonds. The van der Waals surface area contributed by atoms with Gasteiger partial charge >= 0.3 is 5.97 Å². The van der Waals surface area contributed by atoms with Gasteiger partial charge in [0.1, 0.15) is 0 Å². The molecule has 0 bridgehead atoms. The lowest BCUT2D eigenvalue weighted by atomic mass is 10.3. The van der Waals surface area contributed by atoms with Gasteiger partial charge < -0.3 is 5.11 Å². The minimum Gasteiger partial charge on any atom is -0.481 e. The van der Waals surface area contributed by atoms with Crippen LogP contribution in [0.25, 0.3) is 0 Å². The van der Waals surface area contributed by atoms with Gasteiger partial charge in [0.05, 0.1) is 12.1 Å². The van der Waals surface area contributed by atoms with Crippen LogP contribution < -0.4 is 0 Å². The van der Waals surface area contributed by atoms with Crippen molar-refractivity contribution in [1.82, 2.24) is 9.30 Å². The van der Waals surface area contributed by atoms with Crippen molar-refractivity contribution in [2.45, 2.75) is 6.42 Å². The molecule has 0 aliphatic rings. The van der Waals surface area contributed by atoms with Crippen molar-refractivity contribution in [3.8, 4) is 0 Å². The molecule has 0 radical (unpaired) electrons. The van der Waals surface area contributed by atoms with Crippen LogP contribution in [-0.2, 0) is 11.2 Å². The first-order valence-corrected chi connectivity index (χ1v) is 2.95. The van der Waals surface area contributed by atoms with Crippen LogP contribution in [0.15, 0.2) is 12.3 Å². The number of aromatic nitrogens is 2. The minimum atomic E-state index is -0.907. The molecule has 0 spiro atoms. The van der Waals surface area contributed by atoms with Gasteiger partial charge in [0.2, 0.25) is 0 Å². The summed E-state index contributed by atoms with van der Waals surface area (Å²) in [5, 5.41) is 11.9. The molecular weight excluding hydrogens is 156 g/mol. The Hall–Kier alpha value is -1.03. The molecule has 10 heavy (non-hydrogen) atoms. The zero-order valence-electron chi connectivity index (χ0n) is 4.99. The number of aliphatic carboxylic acids is 1. The van der Waals surface area contributed by atoms with E-state index in [4.69, 9.17) is 16.9 Å². The van der Waals surface area contributed by atoms with Gasteiger partial charge in [-0.1, -0.05) is 0 Å². The molecule has 1 rings (SSSR count). The monoisotopic (exact) mass is 160 g/mol. The minimum absolute atomic E-state index is 0.0836. The lowest BCUT2D eigenvalue weighted by molar-refractivity contribution is -0.136. The second-order valence-electron chi connectivity index (χ2n) is 1.77. The molecule has 0 saturated carbocycles. The Morgan fingerprint density at radius 3 is 3.00 bits per heavy atom. The van der Waals surface area contributed by atoms with Gasteiger partial charge in [-0.15, -0.1) is 0 Å². The molecule has 1 aromatic heterocycles. The first-order chi connectivity index (χ1) is 4.68. The maximum atomic E-state index is 10.1.